The highest BCUT2D eigenvalue weighted by molar-refractivity contribution is 5.93. The minimum atomic E-state index is -1.07. The lowest BCUT2D eigenvalue weighted by Gasteiger charge is -2.07. The molecule has 1 unspecified atom stereocenters. The van der Waals surface area contributed by atoms with Crippen molar-refractivity contribution < 1.29 is 19.6 Å². The third-order valence-electron chi connectivity index (χ3n) is 2.25. The van der Waals surface area contributed by atoms with Gasteiger partial charge in [-0.05, 0) is 6.07 Å². The minimum absolute atomic E-state index is 0.140. The van der Waals surface area contributed by atoms with Gasteiger partial charge in [-0.3, -0.25) is 19.7 Å². The van der Waals surface area contributed by atoms with Gasteiger partial charge in [0.15, 0.2) is 0 Å². The first-order chi connectivity index (χ1) is 8.40. The van der Waals surface area contributed by atoms with Crippen LogP contribution in [0.5, 0.6) is 0 Å². The van der Waals surface area contributed by atoms with Crippen molar-refractivity contribution in [3.63, 3.8) is 0 Å². The van der Waals surface area contributed by atoms with Crippen LogP contribution in [0.3, 0.4) is 0 Å². The molecule has 0 spiro atoms. The standard InChI is InChI=1S/C11H12N2O5/c1-7(11(15)16)5-10(14)12-8-3-2-4-9(6-8)13(17)18/h2-4,6-7H,5H2,1H3,(H,12,14)(H,15,16). The Balaban J connectivity index is 2.67. The summed E-state index contributed by atoms with van der Waals surface area (Å²) in [4.78, 5) is 32.0. The van der Waals surface area contributed by atoms with Gasteiger partial charge >= 0.3 is 5.97 Å². The topological polar surface area (TPSA) is 110 Å². The van der Waals surface area contributed by atoms with E-state index >= 15 is 0 Å². The van der Waals surface area contributed by atoms with Gasteiger partial charge in [-0.25, -0.2) is 0 Å². The van der Waals surface area contributed by atoms with Gasteiger partial charge in [0, 0.05) is 24.2 Å². The second kappa shape index (κ2) is 5.76. The summed E-state index contributed by atoms with van der Waals surface area (Å²) in [5, 5.41) is 21.6. The first-order valence-corrected chi connectivity index (χ1v) is 5.17. The zero-order chi connectivity index (χ0) is 13.7. The number of benzene rings is 1. The molecule has 0 aliphatic carbocycles. The van der Waals surface area contributed by atoms with E-state index in [4.69, 9.17) is 5.11 Å². The molecule has 1 rings (SSSR count). The number of carboxylic acid groups (broad SMARTS) is 1. The molecule has 0 aliphatic heterocycles. The van der Waals surface area contributed by atoms with Gasteiger partial charge in [0.2, 0.25) is 5.91 Å². The number of nitro benzene ring substituents is 1. The smallest absolute Gasteiger partial charge is 0.306 e. The summed E-state index contributed by atoms with van der Waals surface area (Å²) >= 11 is 0. The maximum Gasteiger partial charge on any atom is 0.306 e. The molecule has 0 aliphatic rings. The van der Waals surface area contributed by atoms with Crippen molar-refractivity contribution in [1.82, 2.24) is 0 Å². The quantitative estimate of drug-likeness (QED) is 0.611. The van der Waals surface area contributed by atoms with Crippen LogP contribution in [0.1, 0.15) is 13.3 Å². The van der Waals surface area contributed by atoms with Gasteiger partial charge in [-0.1, -0.05) is 13.0 Å². The largest absolute Gasteiger partial charge is 0.481 e. The summed E-state index contributed by atoms with van der Waals surface area (Å²) in [6.45, 7) is 1.41. The predicted molar refractivity (Wildman–Crippen MR) is 63.1 cm³/mol. The van der Waals surface area contributed by atoms with E-state index in [-0.39, 0.29) is 17.8 Å². The van der Waals surface area contributed by atoms with Crippen molar-refractivity contribution in [1.29, 1.82) is 0 Å². The van der Waals surface area contributed by atoms with E-state index in [0.29, 0.717) is 0 Å². The fraction of sp³-hybridized carbons (Fsp3) is 0.273. The van der Waals surface area contributed by atoms with E-state index in [1.54, 1.807) is 0 Å². The van der Waals surface area contributed by atoms with Crippen molar-refractivity contribution >= 4 is 23.3 Å². The number of nitrogens with zero attached hydrogens (tertiary/aromatic N) is 1. The molecule has 0 aromatic heterocycles. The van der Waals surface area contributed by atoms with Crippen LogP contribution in [0, 0.1) is 16.0 Å². The van der Waals surface area contributed by atoms with Crippen LogP contribution >= 0.6 is 0 Å². The lowest BCUT2D eigenvalue weighted by molar-refractivity contribution is -0.384. The summed E-state index contributed by atoms with van der Waals surface area (Å²) in [7, 11) is 0. The SMILES string of the molecule is CC(CC(=O)Nc1cccc([N+](=O)[O-])c1)C(=O)O. The third kappa shape index (κ3) is 3.85. The third-order valence-corrected chi connectivity index (χ3v) is 2.25. The molecule has 0 radical (unpaired) electrons. The molecule has 2 N–H and O–H groups in total. The fourth-order valence-electron chi connectivity index (χ4n) is 1.27. The number of carboxylic acids is 1. The number of carbonyl (C=O) groups is 2. The van der Waals surface area contributed by atoms with E-state index < -0.39 is 22.7 Å². The average molecular weight is 252 g/mol. The van der Waals surface area contributed by atoms with Gasteiger partial charge in [-0.15, -0.1) is 0 Å². The lowest BCUT2D eigenvalue weighted by Crippen LogP contribution is -2.19. The Kier molecular flexibility index (Phi) is 4.36. The van der Waals surface area contributed by atoms with Crippen molar-refractivity contribution in [2.24, 2.45) is 5.92 Å². The summed E-state index contributed by atoms with van der Waals surface area (Å²) in [5.41, 5.74) is 0.130. The second-order valence-corrected chi connectivity index (χ2v) is 3.80. The van der Waals surface area contributed by atoms with Gasteiger partial charge in [0.1, 0.15) is 0 Å². The van der Waals surface area contributed by atoms with Crippen LogP contribution in [-0.4, -0.2) is 21.9 Å². The highest BCUT2D eigenvalue weighted by atomic mass is 16.6. The summed E-state index contributed by atoms with van der Waals surface area (Å²) in [6, 6.07) is 5.45. The van der Waals surface area contributed by atoms with Gasteiger partial charge in [-0.2, -0.15) is 0 Å². The Morgan fingerprint density at radius 1 is 1.50 bits per heavy atom. The van der Waals surface area contributed by atoms with Crippen molar-refractivity contribution in [3.8, 4) is 0 Å². The summed E-state index contributed by atoms with van der Waals surface area (Å²) in [5.74, 6) is -2.36. The van der Waals surface area contributed by atoms with Crippen LogP contribution in [0.25, 0.3) is 0 Å². The molecule has 0 bridgehead atoms. The number of rotatable bonds is 5. The second-order valence-electron chi connectivity index (χ2n) is 3.80. The number of nitro groups is 1. The molecule has 0 heterocycles. The van der Waals surface area contributed by atoms with Crippen LogP contribution < -0.4 is 5.32 Å². The molecular formula is C11H12N2O5. The normalized spacial score (nSPS) is 11.6. The molecule has 18 heavy (non-hydrogen) atoms. The Bertz CT molecular complexity index is 486. The van der Waals surface area contributed by atoms with E-state index in [9.17, 15) is 19.7 Å². The molecule has 1 amide bonds. The maximum absolute atomic E-state index is 11.5. The zero-order valence-corrected chi connectivity index (χ0v) is 9.62. The first-order valence-electron chi connectivity index (χ1n) is 5.17. The van der Waals surface area contributed by atoms with Crippen molar-refractivity contribution in [3.05, 3.63) is 34.4 Å². The first kappa shape index (κ1) is 13.6. The Hall–Kier alpha value is -2.44. The van der Waals surface area contributed by atoms with Gasteiger partial charge < -0.3 is 10.4 Å². The van der Waals surface area contributed by atoms with Crippen molar-refractivity contribution in [2.75, 3.05) is 5.32 Å². The maximum atomic E-state index is 11.5. The molecule has 1 aromatic carbocycles. The van der Waals surface area contributed by atoms with Crippen molar-refractivity contribution in [2.45, 2.75) is 13.3 Å². The highest BCUT2D eigenvalue weighted by Gasteiger charge is 2.16. The monoisotopic (exact) mass is 252 g/mol. The average Bonchev–Trinajstić information content (AvgIpc) is 2.28. The molecular weight excluding hydrogens is 240 g/mol. The number of hydrogen-bond donors (Lipinski definition) is 2. The Labute approximate surface area is 103 Å². The summed E-state index contributed by atoms with van der Waals surface area (Å²) < 4.78 is 0. The van der Waals surface area contributed by atoms with E-state index in [1.165, 1.54) is 31.2 Å². The lowest BCUT2D eigenvalue weighted by atomic mass is 10.1. The molecule has 96 valence electrons. The Morgan fingerprint density at radius 2 is 2.17 bits per heavy atom. The van der Waals surface area contributed by atoms with Crippen LogP contribution in [0.15, 0.2) is 24.3 Å². The number of anilines is 1. The molecule has 1 atom stereocenters. The predicted octanol–water partition coefficient (Wildman–Crippen LogP) is 1.64. The number of carbonyl (C=O) groups excluding carboxylic acids is 1. The van der Waals surface area contributed by atoms with E-state index in [1.807, 2.05) is 0 Å². The van der Waals surface area contributed by atoms with E-state index in [2.05, 4.69) is 5.32 Å². The van der Waals surface area contributed by atoms with Crippen LogP contribution in [-0.2, 0) is 9.59 Å². The number of aliphatic carboxylic acids is 1. The zero-order valence-electron chi connectivity index (χ0n) is 9.62. The number of hydrogen-bond acceptors (Lipinski definition) is 4. The molecule has 0 fully saturated rings. The van der Waals surface area contributed by atoms with E-state index in [0.717, 1.165) is 0 Å². The fourth-order valence-corrected chi connectivity index (χ4v) is 1.27. The number of amides is 1. The van der Waals surface area contributed by atoms with Crippen LogP contribution in [0.4, 0.5) is 11.4 Å². The molecule has 7 heteroatoms. The molecule has 7 nitrogen and oxygen atoms in total. The molecule has 0 saturated carbocycles. The van der Waals surface area contributed by atoms with Crippen LogP contribution in [0.2, 0.25) is 0 Å². The van der Waals surface area contributed by atoms with Gasteiger partial charge in [0.25, 0.3) is 5.69 Å². The molecule has 0 saturated heterocycles. The summed E-state index contributed by atoms with van der Waals surface area (Å²) in [6.07, 6.45) is -0.183. The van der Waals surface area contributed by atoms with Gasteiger partial charge in [0.05, 0.1) is 10.8 Å². The molecule has 1 aromatic rings. The number of non-ortho nitro benzene ring substituents is 1. The number of nitrogens with one attached hydrogen (secondary N) is 1. The Morgan fingerprint density at radius 3 is 2.72 bits per heavy atom. The minimum Gasteiger partial charge on any atom is -0.481 e. The highest BCUT2D eigenvalue weighted by Crippen LogP contribution is 2.17.